The van der Waals surface area contributed by atoms with Gasteiger partial charge in [-0.2, -0.15) is 5.09 Å². The number of carbonyl (C=O) groups excluding carboxylic acids is 1. The van der Waals surface area contributed by atoms with Gasteiger partial charge in [0.05, 0.1) is 23.2 Å². The number of esters is 1. The maximum atomic E-state index is 14.8. The van der Waals surface area contributed by atoms with Crippen LogP contribution in [0.25, 0.3) is 32.7 Å². The Hall–Kier alpha value is -4.02. The number of carbonyl (C=O) groups is 1. The fraction of sp³-hybridized carbons (Fsp3) is 0.400. The molecule has 0 fully saturated rings. The van der Waals surface area contributed by atoms with Crippen LogP contribution >= 0.6 is 7.75 Å². The molecule has 0 radical (unpaired) electrons. The fourth-order valence-corrected chi connectivity index (χ4v) is 7.07. The summed E-state index contributed by atoms with van der Waals surface area (Å²) >= 11 is 0. The van der Waals surface area contributed by atoms with Crippen LogP contribution in [-0.4, -0.2) is 45.4 Å². The first kappa shape index (κ1) is 34.3. The Kier molecular flexibility index (Phi) is 9.94. The lowest BCUT2D eigenvalue weighted by molar-refractivity contribution is -0.156. The number of hydrogen-bond donors (Lipinski definition) is 2. The number of rotatable bonds is 13. The highest BCUT2D eigenvalue weighted by molar-refractivity contribution is 7.52. The Bertz CT molecular complexity index is 1950. The second kappa shape index (κ2) is 13.6. The second-order valence-electron chi connectivity index (χ2n) is 12.8. The van der Waals surface area contributed by atoms with Crippen molar-refractivity contribution in [1.82, 2.24) is 19.6 Å². The van der Waals surface area contributed by atoms with E-state index in [1.807, 2.05) is 81.4 Å². The summed E-state index contributed by atoms with van der Waals surface area (Å²) in [7, 11) is -4.24. The maximum Gasteiger partial charge on any atom is 0.459 e. The molecular weight excluding hydrogens is 617 g/mol. The number of imidazole rings is 1. The van der Waals surface area contributed by atoms with E-state index in [1.165, 1.54) is 0 Å². The van der Waals surface area contributed by atoms with Gasteiger partial charge in [0.1, 0.15) is 35.3 Å². The van der Waals surface area contributed by atoms with Crippen LogP contribution in [-0.2, 0) is 35.5 Å². The minimum Gasteiger partial charge on any atom is -0.459 e. The van der Waals surface area contributed by atoms with Gasteiger partial charge >= 0.3 is 13.7 Å². The Morgan fingerprint density at radius 1 is 0.979 bits per heavy atom. The van der Waals surface area contributed by atoms with Gasteiger partial charge in [0.15, 0.2) is 5.82 Å². The zero-order valence-electron chi connectivity index (χ0n) is 28.1. The van der Waals surface area contributed by atoms with Crippen LogP contribution in [0.5, 0.6) is 5.75 Å². The molecule has 2 unspecified atom stereocenters. The van der Waals surface area contributed by atoms with Crippen molar-refractivity contribution >= 4 is 52.2 Å². The summed E-state index contributed by atoms with van der Waals surface area (Å²) in [4.78, 5) is 22.5. The third kappa shape index (κ3) is 7.44. The van der Waals surface area contributed by atoms with Gasteiger partial charge in [-0.1, -0.05) is 61.5 Å². The molecule has 0 saturated carbocycles. The van der Waals surface area contributed by atoms with Crippen LogP contribution in [0, 0.1) is 0 Å². The predicted molar refractivity (Wildman–Crippen MR) is 185 cm³/mol. The molecule has 12 heteroatoms. The molecule has 11 nitrogen and oxygen atoms in total. The van der Waals surface area contributed by atoms with Gasteiger partial charge in [-0.15, -0.1) is 0 Å². The van der Waals surface area contributed by atoms with E-state index in [0.29, 0.717) is 35.9 Å². The molecule has 47 heavy (non-hydrogen) atoms. The lowest BCUT2D eigenvalue weighted by Crippen LogP contribution is -2.40. The number of para-hydroxylation sites is 1. The van der Waals surface area contributed by atoms with E-state index >= 15 is 0 Å². The number of nitrogens with two attached hydrogens (primary N) is 1. The molecule has 0 aliphatic carbocycles. The Labute approximate surface area is 275 Å². The third-order valence-corrected chi connectivity index (χ3v) is 9.56. The van der Waals surface area contributed by atoms with Crippen molar-refractivity contribution in [3.8, 4) is 5.75 Å². The van der Waals surface area contributed by atoms with Gasteiger partial charge in [-0.3, -0.25) is 9.32 Å². The zero-order chi connectivity index (χ0) is 34.0. The summed E-state index contributed by atoms with van der Waals surface area (Å²) in [6.07, 6.45) is 0.546. The average molecular weight is 662 g/mol. The highest BCUT2D eigenvalue weighted by Crippen LogP contribution is 2.48. The lowest BCUT2D eigenvalue weighted by Gasteiger charge is -2.34. The van der Waals surface area contributed by atoms with Gasteiger partial charge in [0.25, 0.3) is 0 Å². The SMILES string of the molecule is CCOCc1nc2c(N)nc3ccccc3c2n1C(C)(CC)COP(=O)(N[C@@H](C)C(=O)OC(C)(C)C)Oc1cccc2ccccc12. The van der Waals surface area contributed by atoms with Crippen molar-refractivity contribution in [3.63, 3.8) is 0 Å². The zero-order valence-corrected chi connectivity index (χ0v) is 29.0. The standard InChI is InChI=1S/C35H44N5O6P/c1-8-35(7,40-29(21-43-9-2)38-30-31(40)26-18-12-13-19-27(26)37-32(30)36)22-44-47(42,39-23(3)33(41)45-34(4,5)6)46-28-20-14-16-24-15-10-11-17-25(24)28/h10-20,23H,8-9,21-22H2,1-7H3,(H2,36,37)(H,39,42)/t23-,35?,47?/m0/s1. The topological polar surface area (TPSA) is 140 Å². The fourth-order valence-electron chi connectivity index (χ4n) is 5.44. The summed E-state index contributed by atoms with van der Waals surface area (Å²) < 4.78 is 40.8. The van der Waals surface area contributed by atoms with Crippen molar-refractivity contribution in [2.75, 3.05) is 18.9 Å². The van der Waals surface area contributed by atoms with Crippen molar-refractivity contribution in [3.05, 3.63) is 72.6 Å². The van der Waals surface area contributed by atoms with Gasteiger partial charge < -0.3 is 24.3 Å². The summed E-state index contributed by atoms with van der Waals surface area (Å²) in [6, 6.07) is 19.8. The molecule has 0 bridgehead atoms. The van der Waals surface area contributed by atoms with E-state index in [9.17, 15) is 9.36 Å². The monoisotopic (exact) mass is 661 g/mol. The Balaban J connectivity index is 1.58. The second-order valence-corrected chi connectivity index (χ2v) is 14.5. The van der Waals surface area contributed by atoms with E-state index in [-0.39, 0.29) is 13.2 Å². The minimum atomic E-state index is -4.24. The first-order valence-electron chi connectivity index (χ1n) is 15.8. The molecule has 0 aliphatic heterocycles. The van der Waals surface area contributed by atoms with Gasteiger partial charge in [-0.25, -0.2) is 14.5 Å². The summed E-state index contributed by atoms with van der Waals surface area (Å²) in [5, 5.41) is 5.36. The Morgan fingerprint density at radius 2 is 1.66 bits per heavy atom. The van der Waals surface area contributed by atoms with Crippen molar-refractivity contribution in [2.45, 2.75) is 78.7 Å². The van der Waals surface area contributed by atoms with Crippen molar-refractivity contribution in [1.29, 1.82) is 0 Å². The number of fused-ring (bicyclic) bond motifs is 4. The molecular formula is C35H44N5O6P. The Morgan fingerprint density at radius 3 is 2.36 bits per heavy atom. The van der Waals surface area contributed by atoms with Gasteiger partial charge in [-0.05, 0) is 65.5 Å². The molecule has 5 rings (SSSR count). The number of benzene rings is 3. The molecule has 2 heterocycles. The molecule has 2 aromatic heterocycles. The van der Waals surface area contributed by atoms with Gasteiger partial charge in [0.2, 0.25) is 0 Å². The summed E-state index contributed by atoms with van der Waals surface area (Å²) in [6.45, 7) is 13.4. The van der Waals surface area contributed by atoms with Crippen LogP contribution in [0.2, 0.25) is 0 Å². The molecule has 5 aromatic rings. The molecule has 0 spiro atoms. The molecule has 250 valence electrons. The predicted octanol–water partition coefficient (Wildman–Crippen LogP) is 7.51. The number of nitrogen functional groups attached to an aromatic ring is 1. The number of aromatic nitrogens is 3. The average Bonchev–Trinajstić information content (AvgIpc) is 3.43. The van der Waals surface area contributed by atoms with E-state index in [0.717, 1.165) is 27.2 Å². The minimum absolute atomic E-state index is 0.0826. The van der Waals surface area contributed by atoms with Gasteiger partial charge in [0, 0.05) is 17.4 Å². The van der Waals surface area contributed by atoms with Crippen LogP contribution in [0.1, 0.15) is 60.7 Å². The third-order valence-electron chi connectivity index (χ3n) is 7.95. The highest BCUT2D eigenvalue weighted by atomic mass is 31.2. The molecule has 3 atom stereocenters. The number of anilines is 1. The van der Waals surface area contributed by atoms with Crippen LogP contribution < -0.4 is 15.3 Å². The molecule has 0 saturated heterocycles. The van der Waals surface area contributed by atoms with E-state index in [1.54, 1.807) is 33.8 Å². The molecule has 3 N–H and O–H groups in total. The quantitative estimate of drug-likeness (QED) is 0.0963. The largest absolute Gasteiger partial charge is 0.459 e. The molecule has 0 amide bonds. The summed E-state index contributed by atoms with van der Waals surface area (Å²) in [5.74, 6) is 0.686. The van der Waals surface area contributed by atoms with Crippen molar-refractivity contribution < 1.29 is 27.9 Å². The lowest BCUT2D eigenvalue weighted by atomic mass is 9.98. The normalized spacial score (nSPS) is 15.4. The number of hydrogen-bond acceptors (Lipinski definition) is 9. The van der Waals surface area contributed by atoms with E-state index in [2.05, 4.69) is 14.6 Å². The number of pyridine rings is 1. The first-order chi connectivity index (χ1) is 22.3. The first-order valence-corrected chi connectivity index (χ1v) is 17.4. The number of nitrogens with zero attached hydrogens (tertiary/aromatic N) is 3. The van der Waals surface area contributed by atoms with E-state index in [4.69, 9.17) is 29.2 Å². The number of nitrogens with one attached hydrogen (secondary N) is 1. The maximum absolute atomic E-state index is 14.8. The molecule has 0 aliphatic rings. The van der Waals surface area contributed by atoms with Crippen LogP contribution in [0.4, 0.5) is 5.82 Å². The smallest absolute Gasteiger partial charge is 0.459 e. The highest BCUT2D eigenvalue weighted by Gasteiger charge is 2.39. The van der Waals surface area contributed by atoms with Crippen molar-refractivity contribution in [2.24, 2.45) is 0 Å². The van der Waals surface area contributed by atoms with E-state index < -0.39 is 30.9 Å². The van der Waals surface area contributed by atoms with Crippen LogP contribution in [0.15, 0.2) is 66.7 Å². The molecule has 3 aromatic carbocycles. The summed E-state index contributed by atoms with van der Waals surface area (Å²) in [5.41, 5.74) is 6.91. The van der Waals surface area contributed by atoms with Crippen LogP contribution in [0.3, 0.4) is 0 Å². The number of ether oxygens (including phenoxy) is 2.